The van der Waals surface area contributed by atoms with Gasteiger partial charge in [-0.25, -0.2) is 9.83 Å². The molecule has 1 atom stereocenters. The standard InChI is InChI=1S/C25H21N5O3S/c1-29-22-21(16-5-7-18(8-6-16)33-19-9-10-32-13-19)20(12-26)25(30-23(22)27)34-14-15-3-2-4-17(11-15)24(28)31/h2-8,11,19H,9-10,13-14H2,(H2,27,30)(H2,28,31). The van der Waals surface area contributed by atoms with Crippen molar-refractivity contribution >= 4 is 29.2 Å². The highest BCUT2D eigenvalue weighted by Crippen LogP contribution is 2.42. The summed E-state index contributed by atoms with van der Waals surface area (Å²) >= 11 is 1.30. The predicted octanol–water partition coefficient (Wildman–Crippen LogP) is 4.31. The maximum Gasteiger partial charge on any atom is 0.248 e. The average molecular weight is 472 g/mol. The maximum atomic E-state index is 11.5. The molecule has 170 valence electrons. The van der Waals surface area contributed by atoms with Gasteiger partial charge < -0.3 is 20.9 Å². The van der Waals surface area contributed by atoms with Crippen LogP contribution in [0.1, 0.15) is 27.9 Å². The molecule has 4 N–H and O–H groups in total. The Kier molecular flexibility index (Phi) is 6.98. The van der Waals surface area contributed by atoms with E-state index in [1.54, 1.807) is 42.5 Å². The zero-order chi connectivity index (χ0) is 24.1. The topological polar surface area (TPSA) is 129 Å². The van der Waals surface area contributed by atoms with Crippen LogP contribution in [0.25, 0.3) is 16.0 Å². The predicted molar refractivity (Wildman–Crippen MR) is 129 cm³/mol. The van der Waals surface area contributed by atoms with E-state index >= 15 is 0 Å². The van der Waals surface area contributed by atoms with Gasteiger partial charge in [-0.2, -0.15) is 5.26 Å². The summed E-state index contributed by atoms with van der Waals surface area (Å²) in [4.78, 5) is 19.4. The summed E-state index contributed by atoms with van der Waals surface area (Å²) in [5, 5.41) is 10.4. The number of nitrogens with zero attached hydrogens (tertiary/aromatic N) is 3. The zero-order valence-corrected chi connectivity index (χ0v) is 19.0. The van der Waals surface area contributed by atoms with E-state index in [0.717, 1.165) is 12.0 Å². The number of aromatic nitrogens is 1. The largest absolute Gasteiger partial charge is 0.488 e. The Labute approximate surface area is 201 Å². The molecule has 0 saturated carbocycles. The molecule has 0 radical (unpaired) electrons. The fourth-order valence-electron chi connectivity index (χ4n) is 3.64. The second kappa shape index (κ2) is 10.3. The molecule has 1 amide bonds. The molecule has 1 saturated heterocycles. The molecular formula is C25H21N5O3S. The first-order valence-electron chi connectivity index (χ1n) is 10.5. The van der Waals surface area contributed by atoms with Gasteiger partial charge in [0, 0.05) is 23.3 Å². The third-order valence-corrected chi connectivity index (χ3v) is 6.36. The van der Waals surface area contributed by atoms with E-state index in [-0.39, 0.29) is 23.2 Å². The van der Waals surface area contributed by atoms with Gasteiger partial charge in [0.2, 0.25) is 11.6 Å². The van der Waals surface area contributed by atoms with Gasteiger partial charge in [0.15, 0.2) is 0 Å². The molecule has 1 unspecified atom stereocenters. The van der Waals surface area contributed by atoms with E-state index in [1.165, 1.54) is 11.8 Å². The number of anilines is 1. The van der Waals surface area contributed by atoms with Gasteiger partial charge >= 0.3 is 0 Å². The van der Waals surface area contributed by atoms with Crippen LogP contribution in [0.2, 0.25) is 0 Å². The highest BCUT2D eigenvalue weighted by Gasteiger charge is 2.22. The number of hydrogen-bond acceptors (Lipinski definition) is 7. The average Bonchev–Trinajstić information content (AvgIpc) is 3.36. The van der Waals surface area contributed by atoms with Crippen LogP contribution in [-0.4, -0.2) is 30.2 Å². The minimum atomic E-state index is -0.511. The molecule has 1 aromatic heterocycles. The van der Waals surface area contributed by atoms with E-state index in [9.17, 15) is 10.1 Å². The highest BCUT2D eigenvalue weighted by atomic mass is 32.2. The van der Waals surface area contributed by atoms with Crippen molar-refractivity contribution in [3.63, 3.8) is 0 Å². The minimum Gasteiger partial charge on any atom is -0.488 e. The van der Waals surface area contributed by atoms with Gasteiger partial charge in [0.25, 0.3) is 0 Å². The van der Waals surface area contributed by atoms with Crippen molar-refractivity contribution in [2.45, 2.75) is 23.3 Å². The van der Waals surface area contributed by atoms with Crippen molar-refractivity contribution in [3.05, 3.63) is 76.6 Å². The molecule has 3 aromatic rings. The van der Waals surface area contributed by atoms with E-state index < -0.39 is 5.91 Å². The summed E-state index contributed by atoms with van der Waals surface area (Å²) in [6, 6.07) is 16.4. The number of rotatable bonds is 7. The third-order valence-electron chi connectivity index (χ3n) is 5.31. The molecule has 1 aliphatic heterocycles. The smallest absolute Gasteiger partial charge is 0.248 e. The normalized spacial score (nSPS) is 14.8. The van der Waals surface area contributed by atoms with Gasteiger partial charge in [-0.3, -0.25) is 4.79 Å². The number of hydrogen-bond donors (Lipinski definition) is 2. The quantitative estimate of drug-likeness (QED) is 0.388. The minimum absolute atomic E-state index is 0.0203. The van der Waals surface area contributed by atoms with Crippen molar-refractivity contribution in [3.8, 4) is 22.9 Å². The van der Waals surface area contributed by atoms with Crippen molar-refractivity contribution in [2.24, 2.45) is 5.73 Å². The lowest BCUT2D eigenvalue weighted by molar-refractivity contribution is 0.1000. The van der Waals surface area contributed by atoms with Crippen molar-refractivity contribution in [1.82, 2.24) is 4.98 Å². The Bertz CT molecular complexity index is 1310. The van der Waals surface area contributed by atoms with Crippen LogP contribution in [0, 0.1) is 17.9 Å². The number of amides is 1. The van der Waals surface area contributed by atoms with Crippen LogP contribution >= 0.6 is 11.8 Å². The van der Waals surface area contributed by atoms with E-state index in [2.05, 4.69) is 15.9 Å². The molecule has 2 heterocycles. The lowest BCUT2D eigenvalue weighted by atomic mass is 10.00. The number of nitriles is 1. The number of nitrogen functional groups attached to an aromatic ring is 1. The van der Waals surface area contributed by atoms with Gasteiger partial charge in [-0.05, 0) is 35.4 Å². The second-order valence-electron chi connectivity index (χ2n) is 7.61. The molecule has 9 heteroatoms. The maximum absolute atomic E-state index is 11.5. The molecule has 0 aliphatic carbocycles. The van der Waals surface area contributed by atoms with Crippen molar-refractivity contribution < 1.29 is 14.3 Å². The fourth-order valence-corrected chi connectivity index (χ4v) is 4.58. The number of nitrogens with two attached hydrogens (primary N) is 2. The summed E-state index contributed by atoms with van der Waals surface area (Å²) in [5.41, 5.74) is 14.3. The highest BCUT2D eigenvalue weighted by molar-refractivity contribution is 7.98. The van der Waals surface area contributed by atoms with Gasteiger partial charge in [-0.15, -0.1) is 11.8 Å². The number of benzene rings is 2. The molecule has 1 aliphatic rings. The van der Waals surface area contributed by atoms with Gasteiger partial charge in [0.05, 0.1) is 25.3 Å². The molecule has 34 heavy (non-hydrogen) atoms. The Morgan fingerprint density at radius 2 is 2.12 bits per heavy atom. The summed E-state index contributed by atoms with van der Waals surface area (Å²) in [6.45, 7) is 8.86. The zero-order valence-electron chi connectivity index (χ0n) is 18.2. The van der Waals surface area contributed by atoms with Crippen LogP contribution < -0.4 is 16.2 Å². The number of ether oxygens (including phenoxy) is 2. The van der Waals surface area contributed by atoms with Gasteiger partial charge in [0.1, 0.15) is 28.8 Å². The van der Waals surface area contributed by atoms with Crippen LogP contribution in [0.5, 0.6) is 5.75 Å². The Morgan fingerprint density at radius 1 is 1.32 bits per heavy atom. The molecule has 2 aromatic carbocycles. The lowest BCUT2D eigenvalue weighted by Crippen LogP contribution is -2.15. The van der Waals surface area contributed by atoms with Crippen LogP contribution in [0.15, 0.2) is 53.6 Å². The third kappa shape index (κ3) is 4.96. The first-order valence-corrected chi connectivity index (χ1v) is 11.5. The SMILES string of the molecule is [C-]#[N+]c1c(N)nc(SCc2cccc(C(N)=O)c2)c(C#N)c1-c1ccc(OC2CCOC2)cc1. The number of thioether (sulfide) groups is 1. The Morgan fingerprint density at radius 3 is 2.76 bits per heavy atom. The van der Waals surface area contributed by atoms with Crippen LogP contribution in [0.4, 0.5) is 11.5 Å². The number of pyridine rings is 1. The molecule has 8 nitrogen and oxygen atoms in total. The van der Waals surface area contributed by atoms with Crippen molar-refractivity contribution in [1.29, 1.82) is 5.26 Å². The Hall–Kier alpha value is -4.05. The number of primary amides is 1. The van der Waals surface area contributed by atoms with E-state index in [4.69, 9.17) is 27.5 Å². The molecule has 0 bridgehead atoms. The van der Waals surface area contributed by atoms with E-state index in [0.29, 0.717) is 46.4 Å². The summed E-state index contributed by atoms with van der Waals surface area (Å²) in [6.07, 6.45) is 0.860. The molecule has 1 fully saturated rings. The first kappa shape index (κ1) is 23.1. The second-order valence-corrected chi connectivity index (χ2v) is 8.57. The number of carbonyl (C=O) groups excluding carboxylic acids is 1. The fraction of sp³-hybridized carbons (Fsp3) is 0.200. The molecular weight excluding hydrogens is 450 g/mol. The summed E-state index contributed by atoms with van der Waals surface area (Å²) in [5.74, 6) is 0.673. The molecule has 4 rings (SSSR count). The molecule has 0 spiro atoms. The van der Waals surface area contributed by atoms with Gasteiger partial charge in [-0.1, -0.05) is 24.3 Å². The van der Waals surface area contributed by atoms with Crippen LogP contribution in [-0.2, 0) is 10.5 Å². The first-order chi connectivity index (χ1) is 16.5. The van der Waals surface area contributed by atoms with Crippen LogP contribution in [0.3, 0.4) is 0 Å². The van der Waals surface area contributed by atoms with Crippen molar-refractivity contribution in [2.75, 3.05) is 18.9 Å². The van der Waals surface area contributed by atoms with E-state index in [1.807, 2.05) is 6.07 Å². The number of carbonyl (C=O) groups is 1. The summed E-state index contributed by atoms with van der Waals surface area (Å²) < 4.78 is 11.3. The Balaban J connectivity index is 1.66. The lowest BCUT2D eigenvalue weighted by Gasteiger charge is -2.15. The monoisotopic (exact) mass is 471 g/mol. The summed E-state index contributed by atoms with van der Waals surface area (Å²) in [7, 11) is 0.